The van der Waals surface area contributed by atoms with Crippen LogP contribution in [0.15, 0.2) is 0 Å². The molecule has 1 heterocycles. The van der Waals surface area contributed by atoms with E-state index in [0.717, 1.165) is 0 Å². The third kappa shape index (κ3) is 1.64. The predicted molar refractivity (Wildman–Crippen MR) is 60.6 cm³/mol. The van der Waals surface area contributed by atoms with Crippen LogP contribution < -0.4 is 5.32 Å². The molecule has 3 atom stereocenters. The number of carbonyl (C=O) groups excluding carboxylic acids is 2. The van der Waals surface area contributed by atoms with Gasteiger partial charge in [-0.05, 0) is 18.9 Å². The van der Waals surface area contributed by atoms with Crippen molar-refractivity contribution in [2.24, 2.45) is 17.3 Å². The molecule has 0 spiro atoms. The summed E-state index contributed by atoms with van der Waals surface area (Å²) in [6.45, 7) is 4.27. The second-order valence-electron chi connectivity index (χ2n) is 5.36. The number of amides is 2. The van der Waals surface area contributed by atoms with Crippen molar-refractivity contribution >= 4 is 11.8 Å². The topological polar surface area (TPSA) is 73.2 Å². The van der Waals surface area contributed by atoms with Crippen LogP contribution >= 0.6 is 0 Å². The van der Waals surface area contributed by atoms with Gasteiger partial charge in [0.25, 0.3) is 0 Å². The van der Waals surface area contributed by atoms with Crippen LogP contribution in [0.25, 0.3) is 0 Å². The van der Waals surface area contributed by atoms with E-state index < -0.39 is 0 Å². The van der Waals surface area contributed by atoms with Crippen LogP contribution in [0.2, 0.25) is 0 Å². The normalized spacial score (nSPS) is 31.1. The second kappa shape index (κ2) is 3.81. The number of piperidine rings is 1. The highest BCUT2D eigenvalue weighted by Gasteiger charge is 2.72. The lowest BCUT2D eigenvalue weighted by Crippen LogP contribution is -2.39. The average Bonchev–Trinajstić information content (AvgIpc) is 2.75. The molecule has 1 N–H and O–H groups in total. The van der Waals surface area contributed by atoms with Crippen molar-refractivity contribution in [1.29, 1.82) is 5.26 Å². The van der Waals surface area contributed by atoms with Crippen molar-refractivity contribution in [3.63, 3.8) is 0 Å². The summed E-state index contributed by atoms with van der Waals surface area (Å²) in [6.07, 6.45) is 0.490. The fourth-order valence-corrected chi connectivity index (χ4v) is 2.76. The van der Waals surface area contributed by atoms with E-state index in [2.05, 4.69) is 11.4 Å². The maximum atomic E-state index is 12.0. The van der Waals surface area contributed by atoms with E-state index in [9.17, 15) is 9.59 Å². The molecule has 0 bridgehead atoms. The molecule has 3 unspecified atom stereocenters. The van der Waals surface area contributed by atoms with E-state index >= 15 is 0 Å². The van der Waals surface area contributed by atoms with Gasteiger partial charge in [-0.1, -0.05) is 13.8 Å². The summed E-state index contributed by atoms with van der Waals surface area (Å²) >= 11 is 0. The van der Waals surface area contributed by atoms with Crippen LogP contribution in [0.1, 0.15) is 20.3 Å². The van der Waals surface area contributed by atoms with Crippen molar-refractivity contribution in [3.8, 4) is 6.07 Å². The Morgan fingerprint density at radius 2 is 1.94 bits per heavy atom. The Balaban J connectivity index is 1.96. The smallest absolute Gasteiger partial charge is 0.233 e. The van der Waals surface area contributed by atoms with Gasteiger partial charge in [-0.15, -0.1) is 0 Å². The van der Waals surface area contributed by atoms with Gasteiger partial charge in [0.15, 0.2) is 0 Å². The summed E-state index contributed by atoms with van der Waals surface area (Å²) in [5, 5.41) is 11.6. The highest BCUT2D eigenvalue weighted by Crippen LogP contribution is 2.63. The van der Waals surface area contributed by atoms with Gasteiger partial charge >= 0.3 is 0 Å². The maximum absolute atomic E-state index is 12.0. The first-order chi connectivity index (χ1) is 7.95. The standard InChI is InChI=1S/C12H17N3O2/c1-12(2)8-9(12)11(17)15(10(8)16)5-4-7(6-13)14-3/h7-9,14H,4-5H2,1-3H3. The Labute approximate surface area is 101 Å². The lowest BCUT2D eigenvalue weighted by atomic mass is 10.1. The van der Waals surface area contributed by atoms with E-state index in [0.29, 0.717) is 13.0 Å². The second-order valence-corrected chi connectivity index (χ2v) is 5.36. The minimum absolute atomic E-state index is 0.0576. The van der Waals surface area contributed by atoms with Gasteiger partial charge in [-0.25, -0.2) is 0 Å². The zero-order valence-electron chi connectivity index (χ0n) is 10.4. The fraction of sp³-hybridized carbons (Fsp3) is 0.750. The van der Waals surface area contributed by atoms with Gasteiger partial charge < -0.3 is 5.32 Å². The first-order valence-electron chi connectivity index (χ1n) is 5.87. The molecule has 2 amide bonds. The molecular weight excluding hydrogens is 218 g/mol. The summed E-state index contributed by atoms with van der Waals surface area (Å²) < 4.78 is 0. The number of carbonyl (C=O) groups is 2. The average molecular weight is 235 g/mol. The molecule has 0 aromatic heterocycles. The summed E-state index contributed by atoms with van der Waals surface area (Å²) in [5.74, 6) is -0.356. The Morgan fingerprint density at radius 3 is 2.35 bits per heavy atom. The fourth-order valence-electron chi connectivity index (χ4n) is 2.76. The molecule has 17 heavy (non-hydrogen) atoms. The summed E-state index contributed by atoms with van der Waals surface area (Å²) in [7, 11) is 1.70. The molecule has 0 aromatic rings. The molecule has 2 fully saturated rings. The zero-order chi connectivity index (χ0) is 12.8. The number of fused-ring (bicyclic) bond motifs is 1. The molecule has 5 nitrogen and oxygen atoms in total. The molecule has 0 radical (unpaired) electrons. The van der Waals surface area contributed by atoms with Crippen molar-refractivity contribution in [2.75, 3.05) is 13.6 Å². The zero-order valence-corrected chi connectivity index (χ0v) is 10.4. The van der Waals surface area contributed by atoms with E-state index in [4.69, 9.17) is 5.26 Å². The minimum atomic E-state index is -0.305. The molecule has 1 saturated carbocycles. The van der Waals surface area contributed by atoms with Gasteiger partial charge in [0.1, 0.15) is 0 Å². The highest BCUT2D eigenvalue weighted by atomic mass is 16.2. The van der Waals surface area contributed by atoms with Gasteiger partial charge in [0.05, 0.1) is 23.9 Å². The maximum Gasteiger partial charge on any atom is 0.233 e. The minimum Gasteiger partial charge on any atom is -0.305 e. The highest BCUT2D eigenvalue weighted by molar-refractivity contribution is 6.10. The Bertz CT molecular complexity index is 386. The van der Waals surface area contributed by atoms with Gasteiger partial charge in [0.2, 0.25) is 11.8 Å². The first-order valence-corrected chi connectivity index (χ1v) is 5.87. The third-order valence-electron chi connectivity index (χ3n) is 4.04. The van der Waals surface area contributed by atoms with Gasteiger partial charge in [-0.3, -0.25) is 14.5 Å². The number of rotatable bonds is 4. The largest absolute Gasteiger partial charge is 0.305 e. The van der Waals surface area contributed by atoms with Crippen molar-refractivity contribution in [1.82, 2.24) is 10.2 Å². The molecule has 2 rings (SSSR count). The third-order valence-corrected chi connectivity index (χ3v) is 4.04. The molecule has 0 aromatic carbocycles. The molecule has 5 heteroatoms. The molecule has 1 saturated heterocycles. The predicted octanol–water partition coefficient (Wildman–Crippen LogP) is 0.129. The number of hydrogen-bond acceptors (Lipinski definition) is 4. The van der Waals surface area contributed by atoms with Gasteiger partial charge in [-0.2, -0.15) is 5.26 Å². The first kappa shape index (κ1) is 12.1. The van der Waals surface area contributed by atoms with Crippen LogP contribution in [0.4, 0.5) is 0 Å². The van der Waals surface area contributed by atoms with Gasteiger partial charge in [0, 0.05) is 6.54 Å². The summed E-state index contributed by atoms with van der Waals surface area (Å²) in [4.78, 5) is 25.2. The lowest BCUT2D eigenvalue weighted by molar-refractivity contribution is -0.143. The quantitative estimate of drug-likeness (QED) is 0.703. The van der Waals surface area contributed by atoms with Crippen molar-refractivity contribution < 1.29 is 9.59 Å². The molecule has 2 aliphatic rings. The van der Waals surface area contributed by atoms with E-state index in [1.807, 2.05) is 13.8 Å². The van der Waals surface area contributed by atoms with Crippen molar-refractivity contribution in [3.05, 3.63) is 0 Å². The number of nitrogens with one attached hydrogen (secondary N) is 1. The van der Waals surface area contributed by atoms with Crippen LogP contribution in [-0.2, 0) is 9.59 Å². The van der Waals surface area contributed by atoms with Crippen LogP contribution in [-0.4, -0.2) is 36.3 Å². The Kier molecular flexibility index (Phi) is 2.70. The number of likely N-dealkylation sites (tertiary alicyclic amines) is 1. The SMILES string of the molecule is CNC(C#N)CCN1C(=O)C2C(C1=O)C2(C)C. The molecule has 1 aliphatic carbocycles. The molecule has 92 valence electrons. The van der Waals surface area contributed by atoms with Crippen molar-refractivity contribution in [2.45, 2.75) is 26.3 Å². The summed E-state index contributed by atoms with van der Waals surface area (Å²) in [6, 6.07) is 1.78. The van der Waals surface area contributed by atoms with Crippen LogP contribution in [0, 0.1) is 28.6 Å². The Hall–Kier alpha value is -1.41. The van der Waals surface area contributed by atoms with Crippen LogP contribution in [0.5, 0.6) is 0 Å². The number of nitriles is 1. The number of hydrogen-bond donors (Lipinski definition) is 1. The van der Waals surface area contributed by atoms with E-state index in [1.54, 1.807) is 7.05 Å². The number of nitrogens with zero attached hydrogens (tertiary/aromatic N) is 2. The number of imide groups is 1. The molecular formula is C12H17N3O2. The Morgan fingerprint density at radius 1 is 1.41 bits per heavy atom. The molecule has 1 aliphatic heterocycles. The lowest BCUT2D eigenvalue weighted by Gasteiger charge is -2.21. The van der Waals surface area contributed by atoms with E-state index in [1.165, 1.54) is 4.90 Å². The monoisotopic (exact) mass is 235 g/mol. The summed E-state index contributed by atoms with van der Waals surface area (Å²) in [5.41, 5.74) is -0.150. The van der Waals surface area contributed by atoms with E-state index in [-0.39, 0.29) is 35.1 Å². The van der Waals surface area contributed by atoms with Crippen LogP contribution in [0.3, 0.4) is 0 Å².